The summed E-state index contributed by atoms with van der Waals surface area (Å²) in [6.07, 6.45) is 6.12. The number of allylic oxidation sites excluding steroid dienone is 1. The number of hydrogen-bond acceptors (Lipinski definition) is 3. The number of carbonyl (C=O) groups excluding carboxylic acids is 1. The predicted octanol–water partition coefficient (Wildman–Crippen LogP) is 6.19. The molecule has 2 aliphatic carbocycles. The molecule has 2 heterocycles. The van der Waals surface area contributed by atoms with Gasteiger partial charge >= 0.3 is 0 Å². The highest BCUT2D eigenvalue weighted by Gasteiger charge is 2.42. The van der Waals surface area contributed by atoms with Gasteiger partial charge in [0.15, 0.2) is 5.83 Å². The number of hydrogen-bond donors (Lipinski definition) is 1. The Morgan fingerprint density at radius 1 is 1.06 bits per heavy atom. The van der Waals surface area contributed by atoms with Crippen LogP contribution in [0.4, 0.5) is 14.6 Å². The van der Waals surface area contributed by atoms with Crippen LogP contribution in [0.5, 0.6) is 0 Å². The van der Waals surface area contributed by atoms with Gasteiger partial charge in [-0.25, -0.2) is 13.8 Å². The van der Waals surface area contributed by atoms with Gasteiger partial charge in [0, 0.05) is 17.8 Å². The summed E-state index contributed by atoms with van der Waals surface area (Å²) in [5, 5.41) is 3.78. The molecule has 0 spiro atoms. The van der Waals surface area contributed by atoms with Crippen molar-refractivity contribution in [2.24, 2.45) is 11.8 Å². The maximum absolute atomic E-state index is 14.8. The van der Waals surface area contributed by atoms with Crippen molar-refractivity contribution in [1.82, 2.24) is 9.97 Å². The monoisotopic (exact) mass is 439 g/mol. The standard InChI is InChI=1S/C24H20ClF2N3O/c25-17-1-4-22(29-12-17)30-24(31)23(27)16-9-13-7-15(8-14(13)10-16)19-5-6-28-21-3-2-18(26)11-20(19)21/h1-6,11-15H,7-10H2,(H,29,30,31)/b23-16-/t13-,14+,15-/m1/s1. The van der Waals surface area contributed by atoms with Crippen molar-refractivity contribution in [1.29, 1.82) is 0 Å². The molecule has 2 saturated carbocycles. The van der Waals surface area contributed by atoms with Crippen LogP contribution in [0.2, 0.25) is 5.02 Å². The van der Waals surface area contributed by atoms with E-state index in [1.165, 1.54) is 18.3 Å². The van der Waals surface area contributed by atoms with Gasteiger partial charge in [0.25, 0.3) is 5.91 Å². The van der Waals surface area contributed by atoms with E-state index < -0.39 is 11.7 Å². The third-order valence-electron chi connectivity index (χ3n) is 6.51. The molecule has 158 valence electrons. The maximum atomic E-state index is 14.8. The summed E-state index contributed by atoms with van der Waals surface area (Å²) in [7, 11) is 0. The normalized spacial score (nSPS) is 24.3. The van der Waals surface area contributed by atoms with E-state index in [1.54, 1.807) is 24.4 Å². The largest absolute Gasteiger partial charge is 0.305 e. The second kappa shape index (κ2) is 8.00. The topological polar surface area (TPSA) is 54.9 Å². The van der Waals surface area contributed by atoms with Crippen LogP contribution in [0, 0.1) is 17.7 Å². The van der Waals surface area contributed by atoms with E-state index in [9.17, 15) is 13.6 Å². The second-order valence-corrected chi connectivity index (χ2v) is 8.83. The fourth-order valence-corrected chi connectivity index (χ4v) is 5.25. The molecule has 5 rings (SSSR count). The number of nitrogens with zero attached hydrogens (tertiary/aromatic N) is 2. The molecule has 1 aromatic carbocycles. The van der Waals surface area contributed by atoms with Gasteiger partial charge in [-0.15, -0.1) is 0 Å². The van der Waals surface area contributed by atoms with Gasteiger partial charge in [-0.3, -0.25) is 9.78 Å². The highest BCUT2D eigenvalue weighted by molar-refractivity contribution is 6.30. The molecule has 2 aromatic heterocycles. The lowest BCUT2D eigenvalue weighted by Crippen LogP contribution is -2.14. The molecular formula is C24H20ClF2N3O. The first-order chi connectivity index (χ1) is 15.0. The third-order valence-corrected chi connectivity index (χ3v) is 6.74. The van der Waals surface area contributed by atoms with E-state index in [4.69, 9.17) is 11.6 Å². The number of anilines is 1. The van der Waals surface area contributed by atoms with E-state index in [2.05, 4.69) is 15.3 Å². The summed E-state index contributed by atoms with van der Waals surface area (Å²) in [5.74, 6) is -0.545. The molecular weight excluding hydrogens is 420 g/mol. The van der Waals surface area contributed by atoms with Crippen LogP contribution >= 0.6 is 11.6 Å². The number of halogens is 3. The van der Waals surface area contributed by atoms with E-state index in [-0.39, 0.29) is 11.6 Å². The molecule has 0 bridgehead atoms. The molecule has 31 heavy (non-hydrogen) atoms. The first-order valence-electron chi connectivity index (χ1n) is 10.3. The van der Waals surface area contributed by atoms with Crippen LogP contribution in [-0.2, 0) is 4.79 Å². The third kappa shape index (κ3) is 3.92. The molecule has 0 unspecified atom stereocenters. The summed E-state index contributed by atoms with van der Waals surface area (Å²) in [6, 6.07) is 9.77. The smallest absolute Gasteiger partial charge is 0.285 e. The van der Waals surface area contributed by atoms with Gasteiger partial charge < -0.3 is 5.32 Å². The predicted molar refractivity (Wildman–Crippen MR) is 116 cm³/mol. The molecule has 3 aromatic rings. The van der Waals surface area contributed by atoms with Gasteiger partial charge in [-0.2, -0.15) is 0 Å². The number of rotatable bonds is 3. The lowest BCUT2D eigenvalue weighted by Gasteiger charge is -2.15. The zero-order valence-electron chi connectivity index (χ0n) is 16.6. The van der Waals surface area contributed by atoms with Crippen molar-refractivity contribution in [3.63, 3.8) is 0 Å². The molecule has 3 atom stereocenters. The van der Waals surface area contributed by atoms with Gasteiger partial charge in [0.05, 0.1) is 10.5 Å². The Labute approximate surface area is 183 Å². The van der Waals surface area contributed by atoms with E-state index >= 15 is 0 Å². The van der Waals surface area contributed by atoms with Crippen molar-refractivity contribution in [2.45, 2.75) is 31.6 Å². The molecule has 0 radical (unpaired) electrons. The zero-order chi connectivity index (χ0) is 21.5. The average molecular weight is 440 g/mol. The van der Waals surface area contributed by atoms with Crippen LogP contribution in [0.1, 0.15) is 37.2 Å². The lowest BCUT2D eigenvalue weighted by atomic mass is 9.91. The minimum Gasteiger partial charge on any atom is -0.305 e. The van der Waals surface area contributed by atoms with E-state index in [1.807, 2.05) is 6.07 Å². The number of fused-ring (bicyclic) bond motifs is 2. The van der Waals surface area contributed by atoms with Crippen LogP contribution in [-0.4, -0.2) is 15.9 Å². The van der Waals surface area contributed by atoms with Gasteiger partial charge in [0.2, 0.25) is 0 Å². The highest BCUT2D eigenvalue weighted by atomic mass is 35.5. The molecule has 0 saturated heterocycles. The fraction of sp³-hybridized carbons (Fsp3) is 0.292. The van der Waals surface area contributed by atoms with E-state index in [0.29, 0.717) is 41.2 Å². The number of aromatic nitrogens is 2. The van der Waals surface area contributed by atoms with Crippen LogP contribution in [0.3, 0.4) is 0 Å². The Morgan fingerprint density at radius 2 is 1.84 bits per heavy atom. The Morgan fingerprint density at radius 3 is 2.55 bits per heavy atom. The Hall–Kier alpha value is -2.86. The van der Waals surface area contributed by atoms with Crippen LogP contribution < -0.4 is 5.32 Å². The highest BCUT2D eigenvalue weighted by Crippen LogP contribution is 2.53. The number of nitrogens with one attached hydrogen (secondary N) is 1. The van der Waals surface area contributed by atoms with Crippen molar-refractivity contribution in [3.05, 3.63) is 76.6 Å². The number of benzene rings is 1. The molecule has 4 nitrogen and oxygen atoms in total. The quantitative estimate of drug-likeness (QED) is 0.495. The van der Waals surface area contributed by atoms with Crippen molar-refractivity contribution in [3.8, 4) is 0 Å². The molecule has 2 fully saturated rings. The molecule has 7 heteroatoms. The molecule has 1 N–H and O–H groups in total. The van der Waals surface area contributed by atoms with Crippen molar-refractivity contribution < 1.29 is 13.6 Å². The lowest BCUT2D eigenvalue weighted by molar-refractivity contribution is -0.114. The Balaban J connectivity index is 1.30. The minimum atomic E-state index is -0.767. The average Bonchev–Trinajstić information content (AvgIpc) is 3.33. The number of amides is 1. The zero-order valence-corrected chi connectivity index (χ0v) is 17.4. The number of pyridine rings is 2. The summed E-state index contributed by atoms with van der Waals surface area (Å²) in [6.45, 7) is 0. The first kappa shape index (κ1) is 20.1. The summed E-state index contributed by atoms with van der Waals surface area (Å²) >= 11 is 5.78. The van der Waals surface area contributed by atoms with Gasteiger partial charge in [-0.1, -0.05) is 11.6 Å². The van der Waals surface area contributed by atoms with Crippen molar-refractivity contribution in [2.75, 3.05) is 5.32 Å². The first-order valence-corrected chi connectivity index (χ1v) is 10.7. The van der Waals surface area contributed by atoms with Gasteiger partial charge in [0.1, 0.15) is 11.6 Å². The summed E-state index contributed by atoms with van der Waals surface area (Å²) < 4.78 is 28.6. The fourth-order valence-electron chi connectivity index (χ4n) is 5.14. The number of carbonyl (C=O) groups is 1. The summed E-state index contributed by atoms with van der Waals surface area (Å²) in [5.41, 5.74) is 2.47. The summed E-state index contributed by atoms with van der Waals surface area (Å²) in [4.78, 5) is 20.6. The van der Waals surface area contributed by atoms with Crippen LogP contribution in [0.15, 0.2) is 60.2 Å². The Kier molecular flexibility index (Phi) is 5.18. The van der Waals surface area contributed by atoms with Crippen molar-refractivity contribution >= 4 is 34.2 Å². The van der Waals surface area contributed by atoms with Gasteiger partial charge in [-0.05, 0) is 91.0 Å². The molecule has 1 amide bonds. The maximum Gasteiger partial charge on any atom is 0.285 e. The minimum absolute atomic E-state index is 0.264. The Bertz CT molecular complexity index is 1180. The second-order valence-electron chi connectivity index (χ2n) is 8.39. The molecule has 2 aliphatic rings. The molecule has 0 aliphatic heterocycles. The van der Waals surface area contributed by atoms with E-state index in [0.717, 1.165) is 29.3 Å². The van der Waals surface area contributed by atoms with Crippen LogP contribution in [0.25, 0.3) is 10.9 Å². The SMILES string of the molecule is O=C(Nc1ccc(Cl)cn1)/C(F)=C1/C[C@@H]2C[C@H](c3ccnc4ccc(F)cc34)C[C@@H]2C1.